The first-order valence-corrected chi connectivity index (χ1v) is 6.87. The van der Waals surface area contributed by atoms with Crippen molar-refractivity contribution in [2.75, 3.05) is 5.43 Å². The third-order valence-corrected chi connectivity index (χ3v) is 3.40. The van der Waals surface area contributed by atoms with Crippen molar-refractivity contribution in [3.63, 3.8) is 0 Å². The molecule has 0 saturated carbocycles. The van der Waals surface area contributed by atoms with Crippen molar-refractivity contribution in [2.45, 2.75) is 26.2 Å². The van der Waals surface area contributed by atoms with Gasteiger partial charge in [-0.3, -0.25) is 5.43 Å². The summed E-state index contributed by atoms with van der Waals surface area (Å²) in [6.45, 7) is 4.33. The van der Waals surface area contributed by atoms with Crippen LogP contribution in [0.2, 0.25) is 0 Å². The van der Waals surface area contributed by atoms with Gasteiger partial charge in [-0.2, -0.15) is 5.10 Å². The van der Waals surface area contributed by atoms with Gasteiger partial charge in [0.1, 0.15) is 5.75 Å². The summed E-state index contributed by atoms with van der Waals surface area (Å²) < 4.78 is 0. The summed E-state index contributed by atoms with van der Waals surface area (Å²) in [5, 5.41) is 14.0. The Morgan fingerprint density at radius 2 is 1.95 bits per heavy atom. The van der Waals surface area contributed by atoms with Crippen LogP contribution in [0, 0.1) is 0 Å². The van der Waals surface area contributed by atoms with E-state index in [1.807, 2.05) is 42.5 Å². The van der Waals surface area contributed by atoms with Crippen molar-refractivity contribution in [1.82, 2.24) is 0 Å². The van der Waals surface area contributed by atoms with Gasteiger partial charge in [0.25, 0.3) is 0 Å². The molecule has 2 rings (SSSR count). The Morgan fingerprint density at radius 1 is 1.20 bits per heavy atom. The number of phenolic OH excluding ortho intramolecular Hbond substituents is 1. The number of hydrogen-bond acceptors (Lipinski definition) is 3. The van der Waals surface area contributed by atoms with Gasteiger partial charge < -0.3 is 5.11 Å². The van der Waals surface area contributed by atoms with Gasteiger partial charge in [0.05, 0.1) is 11.9 Å². The molecule has 2 N–H and O–H groups in total. The van der Waals surface area contributed by atoms with E-state index in [0.29, 0.717) is 5.92 Å². The molecule has 0 aliphatic heterocycles. The minimum atomic E-state index is 0.246. The van der Waals surface area contributed by atoms with Gasteiger partial charge in [0, 0.05) is 5.56 Å². The third kappa shape index (κ3) is 3.60. The molecular formula is C17H20N2O. The van der Waals surface area contributed by atoms with Crippen LogP contribution >= 0.6 is 0 Å². The summed E-state index contributed by atoms with van der Waals surface area (Å²) in [5.41, 5.74) is 5.80. The molecule has 2 aromatic carbocycles. The second kappa shape index (κ2) is 6.75. The number of anilines is 1. The fourth-order valence-corrected chi connectivity index (χ4v) is 1.91. The standard InChI is InChI=1S/C17H20N2O/c1-3-13(2)14-9-10-17(20)15(11-14)12-18-19-16-7-5-4-6-8-16/h4-13,19-20H,3H2,1-2H3. The zero-order chi connectivity index (χ0) is 14.4. The normalized spacial score (nSPS) is 12.5. The van der Waals surface area contributed by atoms with Crippen LogP contribution in [-0.4, -0.2) is 11.3 Å². The molecule has 20 heavy (non-hydrogen) atoms. The first-order valence-electron chi connectivity index (χ1n) is 6.87. The van der Waals surface area contributed by atoms with Crippen LogP contribution in [-0.2, 0) is 0 Å². The highest BCUT2D eigenvalue weighted by molar-refractivity contribution is 5.84. The summed E-state index contributed by atoms with van der Waals surface area (Å²) in [7, 11) is 0. The highest BCUT2D eigenvalue weighted by Crippen LogP contribution is 2.24. The summed E-state index contributed by atoms with van der Waals surface area (Å²) in [5.74, 6) is 0.723. The Bertz CT molecular complexity index is 579. The van der Waals surface area contributed by atoms with E-state index < -0.39 is 0 Å². The molecule has 0 fully saturated rings. The lowest BCUT2D eigenvalue weighted by Crippen LogP contribution is -1.95. The number of aromatic hydroxyl groups is 1. The zero-order valence-corrected chi connectivity index (χ0v) is 11.9. The molecule has 0 amide bonds. The summed E-state index contributed by atoms with van der Waals surface area (Å²) in [6.07, 6.45) is 2.72. The van der Waals surface area contributed by atoms with Crippen LogP contribution in [0.15, 0.2) is 53.6 Å². The van der Waals surface area contributed by atoms with E-state index in [-0.39, 0.29) is 5.75 Å². The third-order valence-electron chi connectivity index (χ3n) is 3.40. The first kappa shape index (κ1) is 14.1. The van der Waals surface area contributed by atoms with Gasteiger partial charge in [0.2, 0.25) is 0 Å². The maximum Gasteiger partial charge on any atom is 0.124 e. The van der Waals surface area contributed by atoms with E-state index in [1.165, 1.54) is 5.56 Å². The Morgan fingerprint density at radius 3 is 2.65 bits per heavy atom. The number of benzene rings is 2. The number of rotatable bonds is 5. The first-order chi connectivity index (χ1) is 9.70. The molecule has 0 aliphatic rings. The van der Waals surface area contributed by atoms with Crippen molar-refractivity contribution >= 4 is 11.9 Å². The molecule has 0 radical (unpaired) electrons. The van der Waals surface area contributed by atoms with Gasteiger partial charge in [-0.15, -0.1) is 0 Å². The topological polar surface area (TPSA) is 44.6 Å². The molecule has 2 aromatic rings. The van der Waals surface area contributed by atoms with E-state index in [2.05, 4.69) is 24.4 Å². The molecule has 0 spiro atoms. The molecule has 1 atom stereocenters. The number of hydrogen-bond donors (Lipinski definition) is 2. The molecule has 0 saturated heterocycles. The van der Waals surface area contributed by atoms with Gasteiger partial charge in [-0.25, -0.2) is 0 Å². The van der Waals surface area contributed by atoms with Gasteiger partial charge in [-0.1, -0.05) is 38.1 Å². The molecule has 0 heterocycles. The van der Waals surface area contributed by atoms with Crippen molar-refractivity contribution in [3.8, 4) is 5.75 Å². The quantitative estimate of drug-likeness (QED) is 0.625. The monoisotopic (exact) mass is 268 g/mol. The minimum Gasteiger partial charge on any atom is -0.507 e. The van der Waals surface area contributed by atoms with Gasteiger partial charge in [0.15, 0.2) is 0 Å². The minimum absolute atomic E-state index is 0.246. The second-order valence-corrected chi connectivity index (χ2v) is 4.86. The highest BCUT2D eigenvalue weighted by Gasteiger charge is 2.06. The van der Waals surface area contributed by atoms with E-state index >= 15 is 0 Å². The molecule has 3 heteroatoms. The van der Waals surface area contributed by atoms with Crippen LogP contribution < -0.4 is 5.43 Å². The lowest BCUT2D eigenvalue weighted by atomic mass is 9.97. The number of para-hydroxylation sites is 1. The fourth-order valence-electron chi connectivity index (χ4n) is 1.91. The molecule has 1 unspecified atom stereocenters. The number of nitrogens with one attached hydrogen (secondary N) is 1. The fraction of sp³-hybridized carbons (Fsp3) is 0.235. The Kier molecular flexibility index (Phi) is 4.77. The Balaban J connectivity index is 2.12. The van der Waals surface area contributed by atoms with E-state index in [4.69, 9.17) is 0 Å². The van der Waals surface area contributed by atoms with Crippen molar-refractivity contribution < 1.29 is 5.11 Å². The van der Waals surface area contributed by atoms with Crippen molar-refractivity contribution in [1.29, 1.82) is 0 Å². The Hall–Kier alpha value is -2.29. The van der Waals surface area contributed by atoms with Crippen LogP contribution in [0.3, 0.4) is 0 Å². The number of phenols is 1. The van der Waals surface area contributed by atoms with Crippen LogP contribution in [0.4, 0.5) is 5.69 Å². The van der Waals surface area contributed by atoms with Crippen LogP contribution in [0.5, 0.6) is 5.75 Å². The van der Waals surface area contributed by atoms with E-state index in [1.54, 1.807) is 12.3 Å². The maximum absolute atomic E-state index is 9.87. The molecule has 3 nitrogen and oxygen atoms in total. The molecule has 0 bridgehead atoms. The number of hydrazone groups is 1. The summed E-state index contributed by atoms with van der Waals surface area (Å²) in [6, 6.07) is 15.4. The summed E-state index contributed by atoms with van der Waals surface area (Å²) >= 11 is 0. The predicted molar refractivity (Wildman–Crippen MR) is 84.5 cm³/mol. The number of nitrogens with zero attached hydrogens (tertiary/aromatic N) is 1. The van der Waals surface area contributed by atoms with E-state index in [9.17, 15) is 5.11 Å². The lowest BCUT2D eigenvalue weighted by molar-refractivity contribution is 0.474. The van der Waals surface area contributed by atoms with Crippen LogP contribution in [0.25, 0.3) is 0 Å². The van der Waals surface area contributed by atoms with Crippen molar-refractivity contribution in [2.24, 2.45) is 5.10 Å². The second-order valence-electron chi connectivity index (χ2n) is 4.86. The smallest absolute Gasteiger partial charge is 0.124 e. The van der Waals surface area contributed by atoms with Crippen LogP contribution in [0.1, 0.15) is 37.3 Å². The van der Waals surface area contributed by atoms with Crippen molar-refractivity contribution in [3.05, 3.63) is 59.7 Å². The van der Waals surface area contributed by atoms with Gasteiger partial charge in [-0.05, 0) is 42.2 Å². The highest BCUT2D eigenvalue weighted by atomic mass is 16.3. The lowest BCUT2D eigenvalue weighted by Gasteiger charge is -2.10. The molecule has 104 valence electrons. The molecule has 0 aliphatic carbocycles. The van der Waals surface area contributed by atoms with E-state index in [0.717, 1.165) is 17.7 Å². The van der Waals surface area contributed by atoms with Gasteiger partial charge >= 0.3 is 0 Å². The summed E-state index contributed by atoms with van der Waals surface area (Å²) in [4.78, 5) is 0. The average Bonchev–Trinajstić information content (AvgIpc) is 2.49. The SMILES string of the molecule is CCC(C)c1ccc(O)c(C=NNc2ccccc2)c1. The largest absolute Gasteiger partial charge is 0.507 e. The average molecular weight is 268 g/mol. The molecular weight excluding hydrogens is 248 g/mol. The Labute approximate surface area is 120 Å². The predicted octanol–water partition coefficient (Wildman–Crippen LogP) is 4.35. The zero-order valence-electron chi connectivity index (χ0n) is 11.9. The maximum atomic E-state index is 9.87. The molecule has 0 aromatic heterocycles.